The first-order chi connectivity index (χ1) is 9.61. The molecule has 0 aromatic heterocycles. The fraction of sp³-hybridized carbons (Fsp3) is 0.250. The van der Waals surface area contributed by atoms with Gasteiger partial charge >= 0.3 is 0 Å². The van der Waals surface area contributed by atoms with Crippen LogP contribution < -0.4 is 5.32 Å². The summed E-state index contributed by atoms with van der Waals surface area (Å²) in [6.45, 7) is 0. The largest absolute Gasteiger partial charge is 0.381 e. The van der Waals surface area contributed by atoms with Gasteiger partial charge in [-0.2, -0.15) is 0 Å². The molecular weight excluding hydrogens is 341 g/mol. The summed E-state index contributed by atoms with van der Waals surface area (Å²) in [6, 6.07) is 13.1. The van der Waals surface area contributed by atoms with E-state index in [9.17, 15) is 4.39 Å². The second-order valence-corrected chi connectivity index (χ2v) is 6.51. The molecule has 1 aliphatic carbocycles. The number of nitrogens with one attached hydrogen (secondary N) is 1. The molecule has 2 aromatic rings. The Kier molecular flexibility index (Phi) is 3.99. The van der Waals surface area contributed by atoms with Gasteiger partial charge in [-0.15, -0.1) is 0 Å². The fourth-order valence-corrected chi connectivity index (χ4v) is 3.13. The van der Waals surface area contributed by atoms with E-state index in [1.54, 1.807) is 12.1 Å². The van der Waals surface area contributed by atoms with Gasteiger partial charge in [0.1, 0.15) is 5.82 Å². The molecule has 20 heavy (non-hydrogen) atoms. The van der Waals surface area contributed by atoms with Gasteiger partial charge in [0, 0.05) is 10.5 Å². The van der Waals surface area contributed by atoms with Crippen molar-refractivity contribution in [2.75, 3.05) is 5.32 Å². The van der Waals surface area contributed by atoms with Crippen molar-refractivity contribution in [2.24, 2.45) is 0 Å². The summed E-state index contributed by atoms with van der Waals surface area (Å²) in [5.41, 5.74) is 2.03. The molecule has 1 aliphatic rings. The highest BCUT2D eigenvalue weighted by atomic mass is 79.9. The van der Waals surface area contributed by atoms with E-state index in [2.05, 4.69) is 21.2 Å². The Hall–Kier alpha value is -1.06. The van der Waals surface area contributed by atoms with Crippen LogP contribution in [0.5, 0.6) is 0 Å². The van der Waals surface area contributed by atoms with E-state index < -0.39 is 0 Å². The maximum Gasteiger partial charge on any atom is 0.123 e. The van der Waals surface area contributed by atoms with Crippen LogP contribution in [0.1, 0.15) is 24.3 Å². The molecule has 1 fully saturated rings. The Morgan fingerprint density at radius 3 is 2.70 bits per heavy atom. The molecule has 0 bridgehead atoms. The molecule has 0 saturated heterocycles. The molecule has 104 valence electrons. The summed E-state index contributed by atoms with van der Waals surface area (Å²) in [5.74, 6) is 0.281. The number of anilines is 1. The van der Waals surface area contributed by atoms with Crippen LogP contribution in [0.15, 0.2) is 46.9 Å². The average Bonchev–Trinajstić information content (AvgIpc) is 2.37. The molecule has 1 saturated carbocycles. The summed E-state index contributed by atoms with van der Waals surface area (Å²) in [4.78, 5) is 0. The smallest absolute Gasteiger partial charge is 0.123 e. The van der Waals surface area contributed by atoms with Crippen LogP contribution in [-0.4, -0.2) is 6.04 Å². The van der Waals surface area contributed by atoms with Crippen molar-refractivity contribution in [3.63, 3.8) is 0 Å². The predicted octanol–water partition coefficient (Wildman–Crippen LogP) is 5.60. The van der Waals surface area contributed by atoms with Crippen molar-refractivity contribution in [1.82, 2.24) is 0 Å². The van der Waals surface area contributed by atoms with Gasteiger partial charge in [0.2, 0.25) is 0 Å². The Morgan fingerprint density at radius 1 is 1.15 bits per heavy atom. The minimum atomic E-state index is -0.158. The second kappa shape index (κ2) is 5.74. The molecule has 0 heterocycles. The Labute approximate surface area is 131 Å². The lowest BCUT2D eigenvalue weighted by Crippen LogP contribution is -2.34. The van der Waals surface area contributed by atoms with Gasteiger partial charge in [-0.05, 0) is 54.7 Å². The lowest BCUT2D eigenvalue weighted by Gasteiger charge is -2.37. The average molecular weight is 355 g/mol. The number of halogens is 3. The van der Waals surface area contributed by atoms with Gasteiger partial charge in [0.25, 0.3) is 0 Å². The summed E-state index contributed by atoms with van der Waals surface area (Å²) in [6.07, 6.45) is 2.01. The maximum absolute atomic E-state index is 13.2. The molecule has 0 unspecified atom stereocenters. The highest BCUT2D eigenvalue weighted by Gasteiger charge is 2.30. The molecule has 3 rings (SSSR count). The van der Waals surface area contributed by atoms with E-state index in [4.69, 9.17) is 11.6 Å². The van der Waals surface area contributed by atoms with Gasteiger partial charge in [-0.1, -0.05) is 39.7 Å². The Morgan fingerprint density at radius 2 is 1.95 bits per heavy atom. The van der Waals surface area contributed by atoms with Crippen molar-refractivity contribution in [1.29, 1.82) is 0 Å². The maximum atomic E-state index is 13.2. The number of rotatable bonds is 3. The van der Waals surface area contributed by atoms with Crippen LogP contribution in [0.25, 0.3) is 0 Å². The molecule has 0 amide bonds. The summed E-state index contributed by atoms with van der Waals surface area (Å²) < 4.78 is 14.2. The normalized spacial score (nSPS) is 21.4. The number of benzene rings is 2. The zero-order valence-electron chi connectivity index (χ0n) is 10.7. The summed E-state index contributed by atoms with van der Waals surface area (Å²) >= 11 is 9.61. The summed E-state index contributed by atoms with van der Waals surface area (Å²) in [5, 5.41) is 4.17. The van der Waals surface area contributed by atoms with Crippen LogP contribution in [0.2, 0.25) is 5.02 Å². The quantitative estimate of drug-likeness (QED) is 0.756. The van der Waals surface area contributed by atoms with Crippen molar-refractivity contribution >= 4 is 33.2 Å². The van der Waals surface area contributed by atoms with Crippen molar-refractivity contribution in [3.05, 3.63) is 63.3 Å². The second-order valence-electron chi connectivity index (χ2n) is 5.19. The van der Waals surface area contributed by atoms with E-state index in [0.717, 1.165) is 33.6 Å². The molecule has 1 nitrogen and oxygen atoms in total. The minimum Gasteiger partial charge on any atom is -0.381 e. The molecule has 0 spiro atoms. The van der Waals surface area contributed by atoms with E-state index in [-0.39, 0.29) is 5.82 Å². The van der Waals surface area contributed by atoms with Crippen molar-refractivity contribution in [2.45, 2.75) is 24.8 Å². The Bertz CT molecular complexity index is 626. The lowest BCUT2D eigenvalue weighted by molar-refractivity contribution is 0.373. The first-order valence-electron chi connectivity index (χ1n) is 6.59. The first-order valence-corrected chi connectivity index (χ1v) is 7.76. The van der Waals surface area contributed by atoms with Crippen LogP contribution in [0.3, 0.4) is 0 Å². The molecule has 0 aliphatic heterocycles. The highest BCUT2D eigenvalue weighted by molar-refractivity contribution is 9.10. The van der Waals surface area contributed by atoms with Crippen LogP contribution >= 0.6 is 27.5 Å². The topological polar surface area (TPSA) is 12.0 Å². The van der Waals surface area contributed by atoms with E-state index in [1.165, 1.54) is 6.07 Å². The fourth-order valence-electron chi connectivity index (χ4n) is 2.60. The van der Waals surface area contributed by atoms with Gasteiger partial charge < -0.3 is 5.32 Å². The highest BCUT2D eigenvalue weighted by Crippen LogP contribution is 2.39. The van der Waals surface area contributed by atoms with E-state index in [0.29, 0.717) is 12.0 Å². The summed E-state index contributed by atoms with van der Waals surface area (Å²) in [7, 11) is 0. The number of hydrogen-bond acceptors (Lipinski definition) is 1. The first kappa shape index (κ1) is 13.9. The van der Waals surface area contributed by atoms with Crippen LogP contribution in [0, 0.1) is 5.82 Å². The van der Waals surface area contributed by atoms with Gasteiger partial charge in [0.05, 0.1) is 10.7 Å². The predicted molar refractivity (Wildman–Crippen MR) is 84.9 cm³/mol. The molecule has 4 heteroatoms. The molecule has 2 aromatic carbocycles. The van der Waals surface area contributed by atoms with E-state index >= 15 is 0 Å². The molecular formula is C16H14BrClFN. The zero-order chi connectivity index (χ0) is 14.1. The lowest BCUT2D eigenvalue weighted by atomic mass is 9.76. The molecule has 0 radical (unpaired) electrons. The standard InChI is InChI=1S/C16H14BrClFN/c17-12-4-5-15(18)16(9-12)20-14-7-11(8-14)10-2-1-3-13(19)6-10/h1-6,9,11,14,20H,7-8H2. The van der Waals surface area contributed by atoms with Gasteiger partial charge in [0.15, 0.2) is 0 Å². The molecule has 1 N–H and O–H groups in total. The SMILES string of the molecule is Fc1cccc(C2CC(Nc3cc(Br)ccc3Cl)C2)c1. The van der Waals surface area contributed by atoms with Crippen LogP contribution in [-0.2, 0) is 0 Å². The third kappa shape index (κ3) is 2.99. The van der Waals surface area contributed by atoms with E-state index in [1.807, 2.05) is 24.3 Å². The van der Waals surface area contributed by atoms with Crippen LogP contribution in [0.4, 0.5) is 10.1 Å². The third-order valence-electron chi connectivity index (χ3n) is 3.75. The van der Waals surface area contributed by atoms with Crippen molar-refractivity contribution in [3.8, 4) is 0 Å². The number of hydrogen-bond donors (Lipinski definition) is 1. The van der Waals surface area contributed by atoms with Crippen molar-refractivity contribution < 1.29 is 4.39 Å². The third-order valence-corrected chi connectivity index (χ3v) is 4.57. The molecule has 0 atom stereocenters. The Balaban J connectivity index is 1.62. The van der Waals surface area contributed by atoms with Gasteiger partial charge in [-0.3, -0.25) is 0 Å². The minimum absolute atomic E-state index is 0.158. The monoisotopic (exact) mass is 353 g/mol. The van der Waals surface area contributed by atoms with Gasteiger partial charge in [-0.25, -0.2) is 4.39 Å². The zero-order valence-corrected chi connectivity index (χ0v) is 13.1.